The quantitative estimate of drug-likeness (QED) is 0.474. The monoisotopic (exact) mass is 303 g/mol. The van der Waals surface area contributed by atoms with E-state index in [1.54, 1.807) is 0 Å². The van der Waals surface area contributed by atoms with Crippen molar-refractivity contribution in [2.45, 2.75) is 11.6 Å². The zero-order valence-electron chi connectivity index (χ0n) is 11.7. The van der Waals surface area contributed by atoms with E-state index in [9.17, 15) is 4.79 Å². The van der Waals surface area contributed by atoms with E-state index >= 15 is 0 Å². The average Bonchev–Trinajstić information content (AvgIpc) is 2.48. The van der Waals surface area contributed by atoms with Gasteiger partial charge in [-0.25, -0.2) is 9.97 Å². The fourth-order valence-electron chi connectivity index (χ4n) is 1.86. The maximum atomic E-state index is 11.3. The number of nitrogen functional groups attached to an aromatic ring is 1. The van der Waals surface area contributed by atoms with Crippen LogP contribution >= 0.6 is 11.8 Å². The van der Waals surface area contributed by atoms with E-state index in [0.29, 0.717) is 18.1 Å². The number of rotatable bonds is 6. The Hall–Kier alpha value is -2.28. The molecule has 1 aromatic carbocycles. The predicted octanol–water partition coefficient (Wildman–Crippen LogP) is 1.27. The van der Waals surface area contributed by atoms with Crippen LogP contribution in [0, 0.1) is 0 Å². The SMILES string of the molecule is CSc1cc(N(CC(N)=O)Cc2ccc(N)cc2)ncn1. The zero-order chi connectivity index (χ0) is 15.2. The molecular weight excluding hydrogens is 286 g/mol. The number of carbonyl (C=O) groups excluding carboxylic acids is 1. The number of thioether (sulfide) groups is 1. The largest absolute Gasteiger partial charge is 0.399 e. The summed E-state index contributed by atoms with van der Waals surface area (Å²) in [6.45, 7) is 0.614. The molecule has 0 spiro atoms. The second kappa shape index (κ2) is 6.94. The minimum absolute atomic E-state index is 0.0925. The fraction of sp³-hybridized carbons (Fsp3) is 0.214. The molecule has 4 N–H and O–H groups in total. The second-order valence-corrected chi connectivity index (χ2v) is 5.31. The molecule has 2 rings (SSSR count). The molecule has 2 aromatic rings. The molecule has 1 amide bonds. The number of aromatic nitrogens is 2. The van der Waals surface area contributed by atoms with Crippen molar-refractivity contribution in [3.63, 3.8) is 0 Å². The van der Waals surface area contributed by atoms with Crippen molar-refractivity contribution in [1.82, 2.24) is 9.97 Å². The molecule has 7 heteroatoms. The third-order valence-corrected chi connectivity index (χ3v) is 3.50. The lowest BCUT2D eigenvalue weighted by atomic mass is 10.2. The molecule has 1 aromatic heterocycles. The lowest BCUT2D eigenvalue weighted by Gasteiger charge is -2.22. The number of amides is 1. The van der Waals surface area contributed by atoms with Crippen molar-refractivity contribution in [1.29, 1.82) is 0 Å². The number of primary amides is 1. The number of carbonyl (C=O) groups is 1. The Labute approximate surface area is 127 Å². The highest BCUT2D eigenvalue weighted by Gasteiger charge is 2.12. The van der Waals surface area contributed by atoms with Crippen LogP contribution in [0.25, 0.3) is 0 Å². The van der Waals surface area contributed by atoms with Gasteiger partial charge in [-0.05, 0) is 24.0 Å². The molecule has 0 atom stereocenters. The Bertz CT molecular complexity index is 617. The molecule has 1 heterocycles. The highest BCUT2D eigenvalue weighted by molar-refractivity contribution is 7.98. The van der Waals surface area contributed by atoms with Gasteiger partial charge in [0.1, 0.15) is 17.2 Å². The molecule has 110 valence electrons. The molecule has 21 heavy (non-hydrogen) atoms. The molecular formula is C14H17N5OS. The lowest BCUT2D eigenvalue weighted by Crippen LogP contribution is -2.34. The third kappa shape index (κ3) is 4.35. The van der Waals surface area contributed by atoms with Crippen molar-refractivity contribution in [2.24, 2.45) is 5.73 Å². The van der Waals surface area contributed by atoms with E-state index in [1.807, 2.05) is 41.5 Å². The minimum Gasteiger partial charge on any atom is -0.399 e. The Kier molecular flexibility index (Phi) is 4.99. The molecule has 0 bridgehead atoms. The van der Waals surface area contributed by atoms with Crippen molar-refractivity contribution in [2.75, 3.05) is 23.4 Å². The van der Waals surface area contributed by atoms with Gasteiger partial charge in [-0.1, -0.05) is 12.1 Å². The van der Waals surface area contributed by atoms with E-state index in [-0.39, 0.29) is 6.54 Å². The van der Waals surface area contributed by atoms with Crippen molar-refractivity contribution in [3.05, 3.63) is 42.2 Å². The summed E-state index contributed by atoms with van der Waals surface area (Å²) < 4.78 is 0. The maximum absolute atomic E-state index is 11.3. The van der Waals surface area contributed by atoms with Gasteiger partial charge < -0.3 is 16.4 Å². The van der Waals surface area contributed by atoms with Crippen LogP contribution in [0.3, 0.4) is 0 Å². The summed E-state index contributed by atoms with van der Waals surface area (Å²) in [6.07, 6.45) is 3.42. The lowest BCUT2D eigenvalue weighted by molar-refractivity contribution is -0.116. The van der Waals surface area contributed by atoms with Crippen molar-refractivity contribution in [3.8, 4) is 0 Å². The van der Waals surface area contributed by atoms with E-state index < -0.39 is 5.91 Å². The number of nitrogens with zero attached hydrogens (tertiary/aromatic N) is 3. The average molecular weight is 303 g/mol. The summed E-state index contributed by atoms with van der Waals surface area (Å²) in [5, 5.41) is 0.840. The first-order valence-electron chi connectivity index (χ1n) is 6.32. The van der Waals surface area contributed by atoms with Crippen molar-refractivity contribution < 1.29 is 4.79 Å². The van der Waals surface area contributed by atoms with Gasteiger partial charge >= 0.3 is 0 Å². The van der Waals surface area contributed by atoms with Crippen LogP contribution < -0.4 is 16.4 Å². The van der Waals surface area contributed by atoms with E-state index in [2.05, 4.69) is 9.97 Å². The molecule has 6 nitrogen and oxygen atoms in total. The summed E-state index contributed by atoms with van der Waals surface area (Å²) in [5.41, 5.74) is 12.7. The first-order valence-corrected chi connectivity index (χ1v) is 7.54. The normalized spacial score (nSPS) is 10.3. The van der Waals surface area contributed by atoms with Crippen LogP contribution in [0.4, 0.5) is 11.5 Å². The van der Waals surface area contributed by atoms with Crippen LogP contribution in [-0.2, 0) is 11.3 Å². The molecule has 0 aliphatic heterocycles. The number of benzene rings is 1. The Morgan fingerprint density at radius 2 is 2.00 bits per heavy atom. The van der Waals surface area contributed by atoms with Gasteiger partial charge in [0.25, 0.3) is 0 Å². The highest BCUT2D eigenvalue weighted by atomic mass is 32.2. The van der Waals surface area contributed by atoms with Gasteiger partial charge in [0.15, 0.2) is 0 Å². The van der Waals surface area contributed by atoms with Gasteiger partial charge in [-0.3, -0.25) is 4.79 Å². The number of hydrogen-bond donors (Lipinski definition) is 2. The molecule has 0 aliphatic rings. The summed E-state index contributed by atoms with van der Waals surface area (Å²) in [6, 6.07) is 9.32. The maximum Gasteiger partial charge on any atom is 0.237 e. The van der Waals surface area contributed by atoms with Crippen LogP contribution in [0.5, 0.6) is 0 Å². The summed E-state index contributed by atoms with van der Waals surface area (Å²) >= 11 is 1.52. The van der Waals surface area contributed by atoms with Gasteiger partial charge in [0, 0.05) is 18.3 Å². The minimum atomic E-state index is -0.408. The molecule has 0 saturated heterocycles. The molecule has 0 radical (unpaired) electrons. The Balaban J connectivity index is 2.24. The summed E-state index contributed by atoms with van der Waals surface area (Å²) in [7, 11) is 0. The number of anilines is 2. The van der Waals surface area contributed by atoms with Gasteiger partial charge in [0.2, 0.25) is 5.91 Å². The van der Waals surface area contributed by atoms with Crippen LogP contribution in [-0.4, -0.2) is 28.7 Å². The topological polar surface area (TPSA) is 98.1 Å². The molecule has 0 aliphatic carbocycles. The summed E-state index contributed by atoms with van der Waals surface area (Å²) in [5.74, 6) is 0.264. The standard InChI is InChI=1S/C14H17N5OS/c1-21-14-6-13(17-9-18-14)19(8-12(16)20)7-10-2-4-11(15)5-3-10/h2-6,9H,7-8,15H2,1H3,(H2,16,20). The van der Waals surface area contributed by atoms with Gasteiger partial charge in [-0.15, -0.1) is 11.8 Å². The predicted molar refractivity (Wildman–Crippen MR) is 84.9 cm³/mol. The van der Waals surface area contributed by atoms with Gasteiger partial charge in [0.05, 0.1) is 6.54 Å². The van der Waals surface area contributed by atoms with Crippen LogP contribution in [0.2, 0.25) is 0 Å². The number of hydrogen-bond acceptors (Lipinski definition) is 6. The Morgan fingerprint density at radius 1 is 1.29 bits per heavy atom. The molecule has 0 fully saturated rings. The van der Waals surface area contributed by atoms with E-state index in [4.69, 9.17) is 11.5 Å². The first kappa shape index (κ1) is 15.1. The fourth-order valence-corrected chi connectivity index (χ4v) is 2.24. The third-order valence-electron chi connectivity index (χ3n) is 2.86. The number of nitrogens with two attached hydrogens (primary N) is 2. The zero-order valence-corrected chi connectivity index (χ0v) is 12.5. The smallest absolute Gasteiger partial charge is 0.237 e. The molecule has 0 saturated carbocycles. The van der Waals surface area contributed by atoms with E-state index in [0.717, 1.165) is 10.6 Å². The van der Waals surface area contributed by atoms with Crippen LogP contribution in [0.15, 0.2) is 41.7 Å². The highest BCUT2D eigenvalue weighted by Crippen LogP contribution is 2.19. The molecule has 0 unspecified atom stereocenters. The van der Waals surface area contributed by atoms with Gasteiger partial charge in [-0.2, -0.15) is 0 Å². The first-order chi connectivity index (χ1) is 10.1. The second-order valence-electron chi connectivity index (χ2n) is 4.48. The van der Waals surface area contributed by atoms with Crippen LogP contribution in [0.1, 0.15) is 5.56 Å². The Morgan fingerprint density at radius 3 is 2.62 bits per heavy atom. The van der Waals surface area contributed by atoms with E-state index in [1.165, 1.54) is 18.1 Å². The summed E-state index contributed by atoms with van der Waals surface area (Å²) in [4.78, 5) is 21.5. The van der Waals surface area contributed by atoms with Crippen molar-refractivity contribution >= 4 is 29.2 Å².